The monoisotopic (exact) mass is 141 g/mol. The largest absolute Gasteiger partial charge is 0.460 e. The first-order chi connectivity index (χ1) is 4.84. The van der Waals surface area contributed by atoms with Crippen LogP contribution in [0.1, 0.15) is 17.5 Å². The molecule has 0 fully saturated rings. The Morgan fingerprint density at radius 2 is 2.70 bits per heavy atom. The van der Waals surface area contributed by atoms with E-state index in [1.807, 2.05) is 0 Å². The quantitative estimate of drug-likeness (QED) is 0.544. The smallest absolute Gasteiger partial charge is 0.379 e. The van der Waals surface area contributed by atoms with Crippen molar-refractivity contribution >= 4 is 5.97 Å². The second-order valence-corrected chi connectivity index (χ2v) is 1.43. The third kappa shape index (κ3) is 1.31. The molecule has 1 radical (unpaired) electrons. The molecule has 0 saturated carbocycles. The highest BCUT2D eigenvalue weighted by Crippen LogP contribution is 1.94. The molecule has 1 rings (SSSR count). The molecule has 5 heteroatoms. The van der Waals surface area contributed by atoms with Crippen LogP contribution in [0.5, 0.6) is 0 Å². The number of ether oxygens (including phenoxy) is 1. The van der Waals surface area contributed by atoms with E-state index in [1.54, 1.807) is 6.92 Å². The van der Waals surface area contributed by atoms with Crippen LogP contribution in [0, 0.1) is 6.20 Å². The molecule has 1 heterocycles. The molecule has 0 N–H and O–H groups in total. The van der Waals surface area contributed by atoms with Crippen molar-refractivity contribution in [2.75, 3.05) is 6.61 Å². The van der Waals surface area contributed by atoms with Gasteiger partial charge in [-0.15, -0.1) is 5.10 Å². The van der Waals surface area contributed by atoms with Crippen LogP contribution in [-0.4, -0.2) is 22.9 Å². The Labute approximate surface area is 57.0 Å². The predicted molar refractivity (Wildman–Crippen MR) is 29.1 cm³/mol. The maximum atomic E-state index is 10.7. The molecule has 0 unspecified atom stereocenters. The molecule has 0 spiro atoms. The van der Waals surface area contributed by atoms with Crippen molar-refractivity contribution < 1.29 is 14.1 Å². The molecule has 5 nitrogen and oxygen atoms in total. The molecule has 1 aromatic rings. The lowest BCUT2D eigenvalue weighted by Gasteiger charge is -1.92. The van der Waals surface area contributed by atoms with E-state index in [9.17, 15) is 4.79 Å². The number of carbonyl (C=O) groups is 1. The van der Waals surface area contributed by atoms with Gasteiger partial charge < -0.3 is 9.26 Å². The molecule has 0 aliphatic rings. The number of rotatable bonds is 2. The number of hydrogen-bond acceptors (Lipinski definition) is 5. The highest BCUT2D eigenvalue weighted by molar-refractivity contribution is 5.85. The SMILES string of the molecule is CCOC(=O)c1[c]nno1. The molecule has 1 aromatic heterocycles. The van der Waals surface area contributed by atoms with Crippen LogP contribution in [0.4, 0.5) is 0 Å². The zero-order valence-corrected chi connectivity index (χ0v) is 5.33. The molecular formula is C5H5N2O3. The van der Waals surface area contributed by atoms with Gasteiger partial charge in [0, 0.05) is 5.27 Å². The average molecular weight is 141 g/mol. The van der Waals surface area contributed by atoms with Gasteiger partial charge in [-0.05, 0) is 6.92 Å². The van der Waals surface area contributed by atoms with Crippen LogP contribution in [-0.2, 0) is 4.74 Å². The van der Waals surface area contributed by atoms with Crippen molar-refractivity contribution in [3.63, 3.8) is 0 Å². The fourth-order valence-electron chi connectivity index (χ4n) is 0.427. The van der Waals surface area contributed by atoms with Gasteiger partial charge in [0.05, 0.1) is 6.61 Å². The zero-order valence-electron chi connectivity index (χ0n) is 5.33. The first kappa shape index (κ1) is 6.73. The van der Waals surface area contributed by atoms with Gasteiger partial charge in [-0.3, -0.25) is 0 Å². The average Bonchev–Trinajstić information content (AvgIpc) is 2.38. The Balaban J connectivity index is 2.59. The summed E-state index contributed by atoms with van der Waals surface area (Å²) < 4.78 is 8.90. The number of aromatic nitrogens is 2. The topological polar surface area (TPSA) is 65.2 Å². The Morgan fingerprint density at radius 1 is 1.90 bits per heavy atom. The third-order valence-corrected chi connectivity index (χ3v) is 0.785. The van der Waals surface area contributed by atoms with Gasteiger partial charge >= 0.3 is 5.97 Å². The minimum atomic E-state index is -0.590. The van der Waals surface area contributed by atoms with E-state index in [2.05, 4.69) is 25.8 Å². The number of hydrogen-bond donors (Lipinski definition) is 0. The van der Waals surface area contributed by atoms with Gasteiger partial charge in [-0.1, -0.05) is 0 Å². The number of carbonyl (C=O) groups excluding carboxylic acids is 1. The van der Waals surface area contributed by atoms with Crippen LogP contribution in [0.3, 0.4) is 0 Å². The second-order valence-electron chi connectivity index (χ2n) is 1.43. The minimum absolute atomic E-state index is 0.0955. The summed E-state index contributed by atoms with van der Waals surface area (Å²) in [5.41, 5.74) is 0. The van der Waals surface area contributed by atoms with Gasteiger partial charge in [-0.2, -0.15) is 0 Å². The number of nitrogens with zero attached hydrogens (tertiary/aromatic N) is 2. The van der Waals surface area contributed by atoms with E-state index < -0.39 is 5.97 Å². The molecule has 10 heavy (non-hydrogen) atoms. The van der Waals surface area contributed by atoms with E-state index >= 15 is 0 Å². The lowest BCUT2D eigenvalue weighted by molar-refractivity contribution is 0.0478. The first-order valence-corrected chi connectivity index (χ1v) is 2.71. The Morgan fingerprint density at radius 3 is 3.20 bits per heavy atom. The molecule has 0 aliphatic heterocycles. The van der Waals surface area contributed by atoms with E-state index in [4.69, 9.17) is 0 Å². The van der Waals surface area contributed by atoms with Crippen LogP contribution in [0.2, 0.25) is 0 Å². The summed E-state index contributed by atoms with van der Waals surface area (Å²) in [5, 5.41) is 6.23. The summed E-state index contributed by atoms with van der Waals surface area (Å²) in [5.74, 6) is -0.686. The molecule has 0 amide bonds. The fraction of sp³-hybridized carbons (Fsp3) is 0.400. The summed E-state index contributed by atoms with van der Waals surface area (Å²) in [6.07, 6.45) is 2.22. The van der Waals surface area contributed by atoms with Crippen molar-refractivity contribution in [3.8, 4) is 0 Å². The lowest BCUT2D eigenvalue weighted by atomic mass is 10.5. The number of esters is 1. The molecule has 0 bridgehead atoms. The van der Waals surface area contributed by atoms with Crippen LogP contribution in [0.25, 0.3) is 0 Å². The molecule has 0 aromatic carbocycles. The van der Waals surface area contributed by atoms with Crippen molar-refractivity contribution in [1.29, 1.82) is 0 Å². The Hall–Kier alpha value is -1.39. The summed E-state index contributed by atoms with van der Waals surface area (Å²) >= 11 is 0. The maximum absolute atomic E-state index is 10.7. The Bertz CT molecular complexity index is 207. The Kier molecular flexibility index (Phi) is 1.99. The highest BCUT2D eigenvalue weighted by Gasteiger charge is 2.10. The van der Waals surface area contributed by atoms with Gasteiger partial charge in [-0.25, -0.2) is 4.79 Å². The van der Waals surface area contributed by atoms with Crippen molar-refractivity contribution in [2.45, 2.75) is 6.92 Å². The van der Waals surface area contributed by atoms with Gasteiger partial charge in [0.1, 0.15) is 0 Å². The van der Waals surface area contributed by atoms with Crippen LogP contribution < -0.4 is 0 Å². The van der Waals surface area contributed by atoms with Crippen molar-refractivity contribution in [3.05, 3.63) is 12.0 Å². The highest BCUT2D eigenvalue weighted by atomic mass is 16.6. The van der Waals surface area contributed by atoms with E-state index in [0.29, 0.717) is 6.61 Å². The summed E-state index contributed by atoms with van der Waals surface area (Å²) in [4.78, 5) is 10.7. The summed E-state index contributed by atoms with van der Waals surface area (Å²) in [7, 11) is 0. The summed E-state index contributed by atoms with van der Waals surface area (Å²) in [6.45, 7) is 2.00. The molecule has 0 aliphatic carbocycles. The summed E-state index contributed by atoms with van der Waals surface area (Å²) in [6, 6.07) is 0. The van der Waals surface area contributed by atoms with Gasteiger partial charge in [0.25, 0.3) is 5.76 Å². The lowest BCUT2D eigenvalue weighted by Crippen LogP contribution is -2.02. The normalized spacial score (nSPS) is 9.30. The molecule has 0 atom stereocenters. The minimum Gasteiger partial charge on any atom is -0.460 e. The molecular weight excluding hydrogens is 136 g/mol. The molecule has 0 saturated heterocycles. The van der Waals surface area contributed by atoms with Crippen molar-refractivity contribution in [2.24, 2.45) is 0 Å². The van der Waals surface area contributed by atoms with E-state index in [1.165, 1.54) is 0 Å². The third-order valence-electron chi connectivity index (χ3n) is 0.785. The van der Waals surface area contributed by atoms with Gasteiger partial charge in [0.2, 0.25) is 0 Å². The second kappa shape index (κ2) is 2.95. The maximum Gasteiger partial charge on any atom is 0.379 e. The zero-order chi connectivity index (χ0) is 7.40. The van der Waals surface area contributed by atoms with Crippen molar-refractivity contribution in [1.82, 2.24) is 10.4 Å². The standard InChI is InChI=1S/C5H5N2O3/c1-2-9-5(8)4-3-6-7-10-4/h2H2,1H3. The fourth-order valence-corrected chi connectivity index (χ4v) is 0.427. The first-order valence-electron chi connectivity index (χ1n) is 2.71. The molecule has 53 valence electrons. The van der Waals surface area contributed by atoms with E-state index in [0.717, 1.165) is 0 Å². The predicted octanol–water partition coefficient (Wildman–Crippen LogP) is 0.0465. The van der Waals surface area contributed by atoms with E-state index in [-0.39, 0.29) is 5.76 Å². The van der Waals surface area contributed by atoms with Crippen LogP contribution in [0.15, 0.2) is 4.52 Å². The van der Waals surface area contributed by atoms with Crippen LogP contribution >= 0.6 is 0 Å². The van der Waals surface area contributed by atoms with Gasteiger partial charge in [0.15, 0.2) is 6.20 Å².